The van der Waals surface area contributed by atoms with E-state index in [1.165, 1.54) is 10.9 Å². The van der Waals surface area contributed by atoms with Crippen molar-refractivity contribution in [2.45, 2.75) is 0 Å². The van der Waals surface area contributed by atoms with Gasteiger partial charge in [0.05, 0.1) is 35.7 Å². The number of amides is 2. The molecule has 2 amide bonds. The summed E-state index contributed by atoms with van der Waals surface area (Å²) in [6.07, 6.45) is 1.54. The molecule has 0 aliphatic carbocycles. The Hall–Kier alpha value is -3.87. The minimum absolute atomic E-state index is 0.0118. The van der Waals surface area contributed by atoms with Gasteiger partial charge in [0.25, 0.3) is 11.8 Å². The van der Waals surface area contributed by atoms with Crippen molar-refractivity contribution in [3.05, 3.63) is 70.5 Å². The third-order valence-corrected chi connectivity index (χ3v) is 5.30. The molecule has 10 heteroatoms. The molecular weight excluding hydrogens is 432 g/mol. The number of nitrogens with one attached hydrogen (secondary N) is 1. The van der Waals surface area contributed by atoms with E-state index in [-0.39, 0.29) is 11.6 Å². The number of para-hydroxylation sites is 1. The number of hydrogen-bond donors (Lipinski definition) is 2. The van der Waals surface area contributed by atoms with Crippen LogP contribution in [0.1, 0.15) is 26.4 Å². The molecule has 2 heterocycles. The molecule has 1 saturated heterocycles. The maximum absolute atomic E-state index is 12.6. The normalized spacial score (nSPS) is 13.4. The van der Waals surface area contributed by atoms with Crippen molar-refractivity contribution in [2.24, 2.45) is 5.73 Å². The van der Waals surface area contributed by atoms with Crippen molar-refractivity contribution in [1.82, 2.24) is 14.7 Å². The second-order valence-electron chi connectivity index (χ2n) is 7.05. The van der Waals surface area contributed by atoms with Gasteiger partial charge in [-0.15, -0.1) is 0 Å². The molecular formula is C22H19ClN6O3. The van der Waals surface area contributed by atoms with Gasteiger partial charge >= 0.3 is 0 Å². The van der Waals surface area contributed by atoms with E-state index in [9.17, 15) is 14.9 Å². The molecule has 0 atom stereocenters. The maximum atomic E-state index is 12.6. The van der Waals surface area contributed by atoms with Crippen LogP contribution in [-0.4, -0.2) is 52.8 Å². The Morgan fingerprint density at radius 1 is 1.16 bits per heavy atom. The van der Waals surface area contributed by atoms with Crippen molar-refractivity contribution in [2.75, 3.05) is 31.6 Å². The van der Waals surface area contributed by atoms with E-state index in [0.717, 1.165) is 0 Å². The fourth-order valence-electron chi connectivity index (χ4n) is 3.40. The SMILES string of the molecule is N#Cc1cccc(Cl)c1-n1cc(Nc2ccc(C(=O)N3CCOCC3)cc2)c(C(N)=O)n1. The molecule has 3 aromatic rings. The minimum atomic E-state index is -0.740. The smallest absolute Gasteiger partial charge is 0.271 e. The van der Waals surface area contributed by atoms with E-state index >= 15 is 0 Å². The zero-order valence-corrected chi connectivity index (χ0v) is 17.7. The van der Waals surface area contributed by atoms with Crippen molar-refractivity contribution >= 4 is 34.8 Å². The Bertz CT molecular complexity index is 1210. The third-order valence-electron chi connectivity index (χ3n) is 4.99. The Kier molecular flexibility index (Phi) is 6.07. The van der Waals surface area contributed by atoms with Gasteiger partial charge in [-0.25, -0.2) is 4.68 Å². The lowest BCUT2D eigenvalue weighted by atomic mass is 10.1. The van der Waals surface area contributed by atoms with Crippen molar-refractivity contribution in [3.63, 3.8) is 0 Å². The maximum Gasteiger partial charge on any atom is 0.271 e. The number of carbonyl (C=O) groups excluding carboxylic acids is 2. The zero-order chi connectivity index (χ0) is 22.7. The lowest BCUT2D eigenvalue weighted by Crippen LogP contribution is -2.40. The molecule has 9 nitrogen and oxygen atoms in total. The number of carbonyl (C=O) groups is 2. The summed E-state index contributed by atoms with van der Waals surface area (Å²) >= 11 is 6.26. The van der Waals surface area contributed by atoms with Crippen LogP contribution in [0.5, 0.6) is 0 Å². The number of nitrogens with zero attached hydrogens (tertiary/aromatic N) is 4. The van der Waals surface area contributed by atoms with Crippen molar-refractivity contribution in [1.29, 1.82) is 5.26 Å². The molecule has 2 aromatic carbocycles. The van der Waals surface area contributed by atoms with Crippen LogP contribution < -0.4 is 11.1 Å². The van der Waals surface area contributed by atoms with Gasteiger partial charge in [-0.05, 0) is 36.4 Å². The largest absolute Gasteiger partial charge is 0.378 e. The van der Waals surface area contributed by atoms with Gasteiger partial charge in [0.15, 0.2) is 5.69 Å². The highest BCUT2D eigenvalue weighted by Gasteiger charge is 2.20. The minimum Gasteiger partial charge on any atom is -0.378 e. The summed E-state index contributed by atoms with van der Waals surface area (Å²) in [6, 6.07) is 13.8. The summed E-state index contributed by atoms with van der Waals surface area (Å²) in [5.41, 5.74) is 7.66. The number of anilines is 2. The van der Waals surface area contributed by atoms with E-state index in [4.69, 9.17) is 22.1 Å². The topological polar surface area (TPSA) is 126 Å². The lowest BCUT2D eigenvalue weighted by Gasteiger charge is -2.26. The number of nitrogens with two attached hydrogens (primary N) is 1. The van der Waals surface area contributed by atoms with Crippen LogP contribution in [0, 0.1) is 11.3 Å². The van der Waals surface area contributed by atoms with E-state index in [2.05, 4.69) is 16.5 Å². The Morgan fingerprint density at radius 3 is 2.53 bits per heavy atom. The highest BCUT2D eigenvalue weighted by Crippen LogP contribution is 2.28. The molecule has 0 spiro atoms. The number of halogens is 1. The molecule has 1 aromatic heterocycles. The molecule has 0 unspecified atom stereocenters. The van der Waals surface area contributed by atoms with Gasteiger partial charge < -0.3 is 20.7 Å². The van der Waals surface area contributed by atoms with Gasteiger partial charge in [-0.1, -0.05) is 17.7 Å². The monoisotopic (exact) mass is 450 g/mol. The first-order valence-corrected chi connectivity index (χ1v) is 10.2. The summed E-state index contributed by atoms with van der Waals surface area (Å²) < 4.78 is 6.63. The highest BCUT2D eigenvalue weighted by molar-refractivity contribution is 6.32. The summed E-state index contributed by atoms with van der Waals surface area (Å²) in [6.45, 7) is 2.19. The molecule has 1 fully saturated rings. The molecule has 0 bridgehead atoms. The zero-order valence-electron chi connectivity index (χ0n) is 16.9. The van der Waals surface area contributed by atoms with Crippen LogP contribution in [0.25, 0.3) is 5.69 Å². The number of hydrogen-bond acceptors (Lipinski definition) is 6. The number of primary amides is 1. The number of benzene rings is 2. The second kappa shape index (κ2) is 9.09. The third kappa shape index (κ3) is 4.27. The number of aromatic nitrogens is 2. The first-order valence-electron chi connectivity index (χ1n) is 9.80. The van der Waals surface area contributed by atoms with Gasteiger partial charge in [0.2, 0.25) is 0 Å². The van der Waals surface area contributed by atoms with E-state index in [0.29, 0.717) is 59.5 Å². The van der Waals surface area contributed by atoms with Gasteiger partial charge in [0, 0.05) is 24.3 Å². The summed E-state index contributed by atoms with van der Waals surface area (Å²) in [4.78, 5) is 26.3. The predicted octanol–water partition coefficient (Wildman–Crippen LogP) is 2.71. The molecule has 1 aliphatic rings. The van der Waals surface area contributed by atoms with Crippen molar-refractivity contribution < 1.29 is 14.3 Å². The predicted molar refractivity (Wildman–Crippen MR) is 118 cm³/mol. The Morgan fingerprint density at radius 2 is 1.88 bits per heavy atom. The standard InChI is InChI=1S/C22H19ClN6O3/c23-17-3-1-2-15(12-24)20(17)29-13-18(19(27-29)21(25)30)26-16-6-4-14(5-7-16)22(31)28-8-10-32-11-9-28/h1-7,13,26H,8-11H2,(H2,25,30). The molecule has 162 valence electrons. The highest BCUT2D eigenvalue weighted by atomic mass is 35.5. The molecule has 4 rings (SSSR count). The number of rotatable bonds is 5. The van der Waals surface area contributed by atoms with E-state index < -0.39 is 5.91 Å². The van der Waals surface area contributed by atoms with Crippen molar-refractivity contribution in [3.8, 4) is 11.8 Å². The number of morpholine rings is 1. The Labute approximate surface area is 188 Å². The molecule has 1 aliphatic heterocycles. The summed E-state index contributed by atoms with van der Waals surface area (Å²) in [5.74, 6) is -0.802. The van der Waals surface area contributed by atoms with Crippen LogP contribution in [0.4, 0.5) is 11.4 Å². The Balaban J connectivity index is 1.60. The summed E-state index contributed by atoms with van der Waals surface area (Å²) in [7, 11) is 0. The fraction of sp³-hybridized carbons (Fsp3) is 0.182. The molecule has 0 saturated carbocycles. The van der Waals surface area contributed by atoms with Gasteiger partial charge in [-0.2, -0.15) is 10.4 Å². The lowest BCUT2D eigenvalue weighted by molar-refractivity contribution is 0.0303. The number of ether oxygens (including phenoxy) is 1. The quantitative estimate of drug-likeness (QED) is 0.615. The average molecular weight is 451 g/mol. The average Bonchev–Trinajstić information content (AvgIpc) is 3.23. The van der Waals surface area contributed by atoms with E-state index in [1.54, 1.807) is 47.4 Å². The van der Waals surface area contributed by atoms with Gasteiger partial charge in [-0.3, -0.25) is 9.59 Å². The van der Waals surface area contributed by atoms with Crippen LogP contribution in [0.3, 0.4) is 0 Å². The fourth-order valence-corrected chi connectivity index (χ4v) is 3.66. The van der Waals surface area contributed by atoms with Gasteiger partial charge in [0.1, 0.15) is 11.8 Å². The van der Waals surface area contributed by atoms with Crippen LogP contribution in [0.15, 0.2) is 48.7 Å². The first-order chi connectivity index (χ1) is 15.5. The van der Waals surface area contributed by atoms with Crippen LogP contribution in [-0.2, 0) is 4.74 Å². The molecule has 32 heavy (non-hydrogen) atoms. The van der Waals surface area contributed by atoms with Crippen LogP contribution >= 0.6 is 11.6 Å². The molecule has 0 radical (unpaired) electrons. The second-order valence-corrected chi connectivity index (χ2v) is 7.46. The van der Waals surface area contributed by atoms with Crippen LogP contribution in [0.2, 0.25) is 5.02 Å². The molecule has 3 N–H and O–H groups in total. The number of nitriles is 1. The summed E-state index contributed by atoms with van der Waals surface area (Å²) in [5, 5.41) is 17.0. The first kappa shape index (κ1) is 21.4. The van der Waals surface area contributed by atoms with E-state index in [1.807, 2.05) is 0 Å².